The third-order valence-electron chi connectivity index (χ3n) is 3.46. The number of carbonyl (C=O) groups excluding carboxylic acids is 1. The van der Waals surface area contributed by atoms with Gasteiger partial charge in [-0.05, 0) is 18.3 Å². The van der Waals surface area contributed by atoms with Crippen LogP contribution < -0.4 is 5.32 Å². The van der Waals surface area contributed by atoms with Gasteiger partial charge in [0.1, 0.15) is 0 Å². The molecule has 2 rings (SSSR count). The Morgan fingerprint density at radius 3 is 2.87 bits per heavy atom. The fraction of sp³-hybridized carbons (Fsp3) is 0.909. The molecule has 2 saturated heterocycles. The van der Waals surface area contributed by atoms with Gasteiger partial charge in [0.15, 0.2) is 0 Å². The van der Waals surface area contributed by atoms with Gasteiger partial charge in [-0.15, -0.1) is 0 Å². The van der Waals surface area contributed by atoms with Crippen molar-refractivity contribution in [3.63, 3.8) is 0 Å². The molecule has 1 amide bonds. The Morgan fingerprint density at radius 1 is 1.47 bits per heavy atom. The first-order chi connectivity index (χ1) is 7.20. The van der Waals surface area contributed by atoms with E-state index in [1.807, 2.05) is 4.90 Å². The Balaban J connectivity index is 1.91. The van der Waals surface area contributed by atoms with E-state index in [2.05, 4.69) is 12.2 Å². The minimum absolute atomic E-state index is 0.244. The number of ether oxygens (including phenoxy) is 1. The summed E-state index contributed by atoms with van der Waals surface area (Å²) in [6.07, 6.45) is 2.15. The molecule has 0 aromatic rings. The van der Waals surface area contributed by atoms with Crippen LogP contribution in [0.5, 0.6) is 0 Å². The molecule has 0 atom stereocenters. The summed E-state index contributed by atoms with van der Waals surface area (Å²) in [6, 6.07) is 0. The Labute approximate surface area is 91.0 Å². The molecule has 0 bridgehead atoms. The summed E-state index contributed by atoms with van der Waals surface area (Å²) in [6.45, 7) is 7.15. The van der Waals surface area contributed by atoms with Crippen molar-refractivity contribution in [1.29, 1.82) is 0 Å². The van der Waals surface area contributed by atoms with Crippen LogP contribution in [0.1, 0.15) is 19.8 Å². The van der Waals surface area contributed by atoms with Gasteiger partial charge in [0.25, 0.3) is 0 Å². The molecule has 1 N–H and O–H groups in total. The number of nitrogens with zero attached hydrogens (tertiary/aromatic N) is 1. The van der Waals surface area contributed by atoms with Crippen LogP contribution >= 0.6 is 0 Å². The quantitative estimate of drug-likeness (QED) is 0.712. The Kier molecular flexibility index (Phi) is 3.26. The minimum Gasteiger partial charge on any atom is -0.381 e. The number of piperazine rings is 1. The first kappa shape index (κ1) is 10.9. The Bertz CT molecular complexity index is 237. The van der Waals surface area contributed by atoms with Crippen molar-refractivity contribution in [3.8, 4) is 0 Å². The number of hydrogen-bond acceptors (Lipinski definition) is 3. The van der Waals surface area contributed by atoms with E-state index in [4.69, 9.17) is 4.74 Å². The van der Waals surface area contributed by atoms with E-state index in [1.54, 1.807) is 0 Å². The van der Waals surface area contributed by atoms with Crippen LogP contribution in [0.4, 0.5) is 0 Å². The van der Waals surface area contributed by atoms with Crippen molar-refractivity contribution < 1.29 is 9.53 Å². The van der Waals surface area contributed by atoms with Crippen LogP contribution in [0.15, 0.2) is 0 Å². The highest BCUT2D eigenvalue weighted by atomic mass is 16.5. The molecule has 0 aliphatic carbocycles. The first-order valence-corrected chi connectivity index (χ1v) is 5.76. The maximum atomic E-state index is 11.6. The lowest BCUT2D eigenvalue weighted by molar-refractivity contribution is -0.134. The zero-order chi connectivity index (χ0) is 10.7. The monoisotopic (exact) mass is 212 g/mol. The first-order valence-electron chi connectivity index (χ1n) is 5.76. The largest absolute Gasteiger partial charge is 0.381 e. The van der Waals surface area contributed by atoms with E-state index in [1.165, 1.54) is 0 Å². The fourth-order valence-corrected chi connectivity index (χ4v) is 2.30. The van der Waals surface area contributed by atoms with Gasteiger partial charge in [-0.1, -0.05) is 6.92 Å². The molecule has 2 aliphatic rings. The standard InChI is InChI=1S/C11H20N2O2/c1-11(2-6-15-7-3-11)9-13-5-4-12-8-10(13)14/h12H,2-9H2,1H3. The van der Waals surface area contributed by atoms with Gasteiger partial charge in [-0.3, -0.25) is 4.79 Å². The number of nitrogens with one attached hydrogen (secondary N) is 1. The number of amides is 1. The molecule has 0 spiro atoms. The van der Waals surface area contributed by atoms with Crippen LogP contribution in [0, 0.1) is 5.41 Å². The molecule has 2 aliphatic heterocycles. The number of rotatable bonds is 2. The van der Waals surface area contributed by atoms with Gasteiger partial charge >= 0.3 is 0 Å². The van der Waals surface area contributed by atoms with Crippen LogP contribution in [-0.2, 0) is 9.53 Å². The van der Waals surface area contributed by atoms with Crippen LogP contribution in [0.2, 0.25) is 0 Å². The van der Waals surface area contributed by atoms with Gasteiger partial charge in [0.05, 0.1) is 6.54 Å². The van der Waals surface area contributed by atoms with E-state index in [9.17, 15) is 4.79 Å². The average Bonchev–Trinajstić information content (AvgIpc) is 2.22. The molecule has 0 aromatic heterocycles. The van der Waals surface area contributed by atoms with Gasteiger partial charge < -0.3 is 15.0 Å². The second-order valence-corrected chi connectivity index (χ2v) is 4.92. The van der Waals surface area contributed by atoms with Crippen molar-refractivity contribution in [2.45, 2.75) is 19.8 Å². The van der Waals surface area contributed by atoms with Gasteiger partial charge in [0, 0.05) is 32.8 Å². The highest BCUT2D eigenvalue weighted by molar-refractivity contribution is 5.79. The van der Waals surface area contributed by atoms with Crippen LogP contribution in [-0.4, -0.2) is 50.2 Å². The Hall–Kier alpha value is -0.610. The SMILES string of the molecule is CC1(CN2CCNCC2=O)CCOCC1. The summed E-state index contributed by atoms with van der Waals surface area (Å²) in [5, 5.41) is 3.10. The molecular formula is C11H20N2O2. The molecule has 15 heavy (non-hydrogen) atoms. The van der Waals surface area contributed by atoms with Crippen molar-refractivity contribution in [1.82, 2.24) is 10.2 Å². The van der Waals surface area contributed by atoms with Gasteiger partial charge in [-0.25, -0.2) is 0 Å². The third kappa shape index (κ3) is 2.69. The Morgan fingerprint density at radius 2 is 2.20 bits per heavy atom. The predicted molar refractivity (Wildman–Crippen MR) is 57.6 cm³/mol. The van der Waals surface area contributed by atoms with Crippen molar-refractivity contribution in [3.05, 3.63) is 0 Å². The average molecular weight is 212 g/mol. The van der Waals surface area contributed by atoms with Crippen molar-refractivity contribution in [2.24, 2.45) is 5.41 Å². The lowest BCUT2D eigenvalue weighted by atomic mass is 9.82. The van der Waals surface area contributed by atoms with E-state index in [0.29, 0.717) is 6.54 Å². The maximum Gasteiger partial charge on any atom is 0.236 e. The molecule has 4 heteroatoms. The molecule has 0 aromatic carbocycles. The molecule has 0 unspecified atom stereocenters. The zero-order valence-corrected chi connectivity index (χ0v) is 9.42. The summed E-state index contributed by atoms with van der Waals surface area (Å²) in [5.41, 5.74) is 0.269. The number of carbonyl (C=O) groups is 1. The number of hydrogen-bond donors (Lipinski definition) is 1. The summed E-state index contributed by atoms with van der Waals surface area (Å²) < 4.78 is 5.37. The maximum absolute atomic E-state index is 11.6. The van der Waals surface area contributed by atoms with E-state index < -0.39 is 0 Å². The summed E-state index contributed by atoms with van der Waals surface area (Å²) in [4.78, 5) is 13.6. The second-order valence-electron chi connectivity index (χ2n) is 4.92. The lowest BCUT2D eigenvalue weighted by Gasteiger charge is -2.39. The molecular weight excluding hydrogens is 192 g/mol. The molecule has 2 fully saturated rings. The van der Waals surface area contributed by atoms with E-state index in [-0.39, 0.29) is 11.3 Å². The summed E-state index contributed by atoms with van der Waals surface area (Å²) in [7, 11) is 0. The minimum atomic E-state index is 0.244. The third-order valence-corrected chi connectivity index (χ3v) is 3.46. The zero-order valence-electron chi connectivity index (χ0n) is 9.42. The summed E-state index contributed by atoms with van der Waals surface area (Å²) >= 11 is 0. The molecule has 4 nitrogen and oxygen atoms in total. The van der Waals surface area contributed by atoms with Crippen LogP contribution in [0.25, 0.3) is 0 Å². The topological polar surface area (TPSA) is 41.6 Å². The summed E-state index contributed by atoms with van der Waals surface area (Å²) in [5.74, 6) is 0.244. The van der Waals surface area contributed by atoms with E-state index in [0.717, 1.165) is 45.7 Å². The predicted octanol–water partition coefficient (Wildman–Crippen LogP) is 0.235. The highest BCUT2D eigenvalue weighted by Crippen LogP contribution is 2.30. The molecule has 0 saturated carbocycles. The molecule has 2 heterocycles. The normalized spacial score (nSPS) is 26.7. The van der Waals surface area contributed by atoms with E-state index >= 15 is 0 Å². The van der Waals surface area contributed by atoms with Crippen molar-refractivity contribution in [2.75, 3.05) is 39.4 Å². The van der Waals surface area contributed by atoms with Crippen molar-refractivity contribution >= 4 is 5.91 Å². The van der Waals surface area contributed by atoms with Crippen LogP contribution in [0.3, 0.4) is 0 Å². The fourth-order valence-electron chi connectivity index (χ4n) is 2.30. The van der Waals surface area contributed by atoms with Gasteiger partial charge in [-0.2, -0.15) is 0 Å². The lowest BCUT2D eigenvalue weighted by Crippen LogP contribution is -2.52. The smallest absolute Gasteiger partial charge is 0.236 e. The highest BCUT2D eigenvalue weighted by Gasteiger charge is 2.31. The molecule has 86 valence electrons. The molecule has 0 radical (unpaired) electrons. The van der Waals surface area contributed by atoms with Gasteiger partial charge in [0.2, 0.25) is 5.91 Å². The second kappa shape index (κ2) is 4.49.